The molecule has 14 heavy (non-hydrogen) atoms. The van der Waals surface area contributed by atoms with Gasteiger partial charge in [-0.3, -0.25) is 4.79 Å². The molecule has 0 aliphatic heterocycles. The van der Waals surface area contributed by atoms with Gasteiger partial charge in [0.05, 0.1) is 6.42 Å². The summed E-state index contributed by atoms with van der Waals surface area (Å²) in [5.41, 5.74) is 6.04. The van der Waals surface area contributed by atoms with Gasteiger partial charge in [0.25, 0.3) is 0 Å². The van der Waals surface area contributed by atoms with Crippen LogP contribution in [0.3, 0.4) is 0 Å². The Hall–Kier alpha value is -1.55. The molecule has 78 valence electrons. The molecular weight excluding hydrogens is 182 g/mol. The number of hydrogen-bond donors (Lipinski definition) is 3. The van der Waals surface area contributed by atoms with Gasteiger partial charge in [-0.25, -0.2) is 0 Å². The van der Waals surface area contributed by atoms with E-state index in [1.54, 1.807) is 19.1 Å². The summed E-state index contributed by atoms with van der Waals surface area (Å²) in [5, 5.41) is 17.5. The Labute approximate surface area is 83.0 Å². The van der Waals surface area contributed by atoms with Crippen molar-refractivity contribution in [3.63, 3.8) is 0 Å². The maximum atomic E-state index is 10.3. The fourth-order valence-corrected chi connectivity index (χ4v) is 1.04. The van der Waals surface area contributed by atoms with E-state index in [1.165, 1.54) is 13.1 Å². The van der Waals surface area contributed by atoms with Gasteiger partial charge in [0.1, 0.15) is 5.75 Å². The Morgan fingerprint density at radius 2 is 2.00 bits per heavy atom. The van der Waals surface area contributed by atoms with Gasteiger partial charge in [0.2, 0.25) is 0 Å². The summed E-state index contributed by atoms with van der Waals surface area (Å²) in [6, 6.07) is 4.67. The minimum atomic E-state index is -0.858. The van der Waals surface area contributed by atoms with Gasteiger partial charge in [-0.2, -0.15) is 0 Å². The van der Waals surface area contributed by atoms with Crippen molar-refractivity contribution in [1.82, 2.24) is 0 Å². The quantitative estimate of drug-likeness (QED) is 0.657. The lowest BCUT2D eigenvalue weighted by atomic mass is 10.1. The second-order valence-corrected chi connectivity index (χ2v) is 2.68. The molecule has 0 atom stereocenters. The van der Waals surface area contributed by atoms with E-state index in [1.807, 2.05) is 0 Å². The molecule has 0 amide bonds. The normalized spacial score (nSPS) is 8.79. The van der Waals surface area contributed by atoms with E-state index in [2.05, 4.69) is 5.73 Å². The molecule has 0 aliphatic carbocycles. The first-order chi connectivity index (χ1) is 6.59. The third-order valence-corrected chi connectivity index (χ3v) is 1.67. The molecule has 0 radical (unpaired) electrons. The highest BCUT2D eigenvalue weighted by Gasteiger charge is 2.03. The number of benzene rings is 1. The zero-order valence-corrected chi connectivity index (χ0v) is 8.32. The molecule has 0 fully saturated rings. The van der Waals surface area contributed by atoms with Crippen LogP contribution in [0.15, 0.2) is 18.2 Å². The molecule has 1 rings (SSSR count). The largest absolute Gasteiger partial charge is 0.508 e. The standard InChI is InChI=1S/C9H10O3.CH5N/c1-6-4-8(10)3-2-7(6)5-9(11)12;1-2/h2-4,10H,5H2,1H3,(H,11,12);2H2,1H3. The number of phenols is 1. The summed E-state index contributed by atoms with van der Waals surface area (Å²) in [7, 11) is 1.50. The van der Waals surface area contributed by atoms with Crippen LogP contribution in [0.1, 0.15) is 11.1 Å². The Kier molecular flexibility index (Phi) is 5.33. The third-order valence-electron chi connectivity index (χ3n) is 1.67. The lowest BCUT2D eigenvalue weighted by molar-refractivity contribution is -0.136. The predicted octanol–water partition coefficient (Wildman–Crippen LogP) is 0.903. The molecule has 0 saturated carbocycles. The van der Waals surface area contributed by atoms with Gasteiger partial charge >= 0.3 is 5.97 Å². The van der Waals surface area contributed by atoms with Crippen LogP contribution in [0.2, 0.25) is 0 Å². The van der Waals surface area contributed by atoms with Crippen LogP contribution in [-0.4, -0.2) is 23.2 Å². The van der Waals surface area contributed by atoms with E-state index in [-0.39, 0.29) is 12.2 Å². The molecule has 0 unspecified atom stereocenters. The predicted molar refractivity (Wildman–Crippen MR) is 54.3 cm³/mol. The second-order valence-electron chi connectivity index (χ2n) is 2.68. The maximum absolute atomic E-state index is 10.3. The van der Waals surface area contributed by atoms with Gasteiger partial charge in [0, 0.05) is 0 Å². The van der Waals surface area contributed by atoms with Gasteiger partial charge in [-0.1, -0.05) is 6.07 Å². The summed E-state index contributed by atoms with van der Waals surface area (Å²) in [4.78, 5) is 10.3. The number of carboxylic acid groups (broad SMARTS) is 1. The number of phenolic OH excluding ortho intramolecular Hbond substituents is 1. The highest BCUT2D eigenvalue weighted by Crippen LogP contribution is 2.15. The summed E-state index contributed by atoms with van der Waals surface area (Å²) >= 11 is 0. The average molecular weight is 197 g/mol. The van der Waals surface area contributed by atoms with Crippen molar-refractivity contribution in [2.75, 3.05) is 7.05 Å². The molecule has 4 heteroatoms. The van der Waals surface area contributed by atoms with E-state index < -0.39 is 5.97 Å². The second kappa shape index (κ2) is 5.99. The number of rotatable bonds is 2. The number of carbonyl (C=O) groups is 1. The van der Waals surface area contributed by atoms with Crippen LogP contribution in [0.5, 0.6) is 5.75 Å². The van der Waals surface area contributed by atoms with Crippen molar-refractivity contribution in [2.24, 2.45) is 5.73 Å². The molecule has 0 heterocycles. The first-order valence-corrected chi connectivity index (χ1v) is 4.17. The lowest BCUT2D eigenvalue weighted by Gasteiger charge is -2.02. The van der Waals surface area contributed by atoms with Crippen molar-refractivity contribution in [3.05, 3.63) is 29.3 Å². The van der Waals surface area contributed by atoms with Crippen molar-refractivity contribution in [3.8, 4) is 5.75 Å². The SMILES string of the molecule is CN.Cc1cc(O)ccc1CC(=O)O. The van der Waals surface area contributed by atoms with Crippen molar-refractivity contribution < 1.29 is 15.0 Å². The molecule has 1 aromatic carbocycles. The number of aryl methyl sites for hydroxylation is 1. The highest BCUT2D eigenvalue weighted by atomic mass is 16.4. The minimum absolute atomic E-state index is 0.00606. The van der Waals surface area contributed by atoms with Gasteiger partial charge in [-0.15, -0.1) is 0 Å². The number of carboxylic acids is 1. The van der Waals surface area contributed by atoms with E-state index in [0.29, 0.717) is 0 Å². The summed E-state index contributed by atoms with van der Waals surface area (Å²) in [6.07, 6.45) is 0.00606. The zero-order valence-electron chi connectivity index (χ0n) is 8.32. The third kappa shape index (κ3) is 3.91. The van der Waals surface area contributed by atoms with Crippen LogP contribution in [-0.2, 0) is 11.2 Å². The Morgan fingerprint density at radius 3 is 2.43 bits per heavy atom. The smallest absolute Gasteiger partial charge is 0.307 e. The van der Waals surface area contributed by atoms with Crippen LogP contribution in [0, 0.1) is 6.92 Å². The zero-order chi connectivity index (χ0) is 11.1. The number of nitrogens with two attached hydrogens (primary N) is 1. The van der Waals surface area contributed by atoms with E-state index >= 15 is 0 Å². The monoisotopic (exact) mass is 197 g/mol. The average Bonchev–Trinajstić information content (AvgIpc) is 2.13. The summed E-state index contributed by atoms with van der Waals surface area (Å²) < 4.78 is 0. The highest BCUT2D eigenvalue weighted by molar-refractivity contribution is 5.70. The van der Waals surface area contributed by atoms with Crippen molar-refractivity contribution >= 4 is 5.97 Å². The van der Waals surface area contributed by atoms with Gasteiger partial charge in [0.15, 0.2) is 0 Å². The fourth-order valence-electron chi connectivity index (χ4n) is 1.04. The fraction of sp³-hybridized carbons (Fsp3) is 0.300. The van der Waals surface area contributed by atoms with E-state index in [4.69, 9.17) is 10.2 Å². The molecule has 0 aromatic heterocycles. The van der Waals surface area contributed by atoms with Crippen molar-refractivity contribution in [1.29, 1.82) is 0 Å². The van der Waals surface area contributed by atoms with Crippen LogP contribution in [0.4, 0.5) is 0 Å². The molecule has 0 aliphatic rings. The lowest BCUT2D eigenvalue weighted by Crippen LogP contribution is -2.01. The van der Waals surface area contributed by atoms with E-state index in [0.717, 1.165) is 11.1 Å². The number of aromatic hydroxyl groups is 1. The molecule has 4 N–H and O–H groups in total. The van der Waals surface area contributed by atoms with Crippen LogP contribution < -0.4 is 5.73 Å². The van der Waals surface area contributed by atoms with Crippen LogP contribution in [0.25, 0.3) is 0 Å². The molecule has 0 bridgehead atoms. The number of aliphatic carboxylic acids is 1. The van der Waals surface area contributed by atoms with E-state index in [9.17, 15) is 4.79 Å². The Balaban J connectivity index is 0.000000791. The minimum Gasteiger partial charge on any atom is -0.508 e. The number of hydrogen-bond acceptors (Lipinski definition) is 3. The summed E-state index contributed by atoms with van der Waals surface area (Å²) in [5.74, 6) is -0.689. The topological polar surface area (TPSA) is 83.5 Å². The van der Waals surface area contributed by atoms with Gasteiger partial charge in [-0.05, 0) is 37.2 Å². The molecule has 4 nitrogen and oxygen atoms in total. The maximum Gasteiger partial charge on any atom is 0.307 e. The van der Waals surface area contributed by atoms with Crippen LogP contribution >= 0.6 is 0 Å². The Bertz CT molecular complexity index is 310. The first-order valence-electron chi connectivity index (χ1n) is 4.17. The molecule has 0 saturated heterocycles. The first kappa shape index (κ1) is 12.4. The molecule has 1 aromatic rings. The van der Waals surface area contributed by atoms with Crippen molar-refractivity contribution in [2.45, 2.75) is 13.3 Å². The molecular formula is C10H15NO3. The Morgan fingerprint density at radius 1 is 1.43 bits per heavy atom. The van der Waals surface area contributed by atoms with Gasteiger partial charge < -0.3 is 15.9 Å². The summed E-state index contributed by atoms with van der Waals surface area (Å²) in [6.45, 7) is 1.78. The molecule has 0 spiro atoms.